The molecule has 0 N–H and O–H groups in total. The molecule has 2 saturated heterocycles. The molecule has 1 aromatic carbocycles. The van der Waals surface area contributed by atoms with Crippen molar-refractivity contribution in [3.63, 3.8) is 0 Å². The number of nitrogens with zero attached hydrogens (tertiary/aromatic N) is 1. The van der Waals surface area contributed by atoms with Crippen LogP contribution in [0.1, 0.15) is 12.0 Å². The molecule has 0 aromatic heterocycles. The molecule has 3 aliphatic heterocycles. The Labute approximate surface area is 148 Å². The number of rotatable bonds is 2. The molecular weight excluding hydrogens is 370 g/mol. The molecule has 3 aliphatic rings. The van der Waals surface area contributed by atoms with E-state index in [4.69, 9.17) is 21.7 Å². The molecule has 24 heavy (non-hydrogen) atoms. The standard InChI is InChI=1S/C15H13NO5S3/c17-14-13(6-9-1-2-11-12(5-9)21-8-20-11)23-15(22)16(14)10-3-4-24(18,19)7-10/h1-2,5-6,10H,3-4,7-8H2/b13-6-/t10-/m1/s1. The molecular formula is C15H13NO5S3. The lowest BCUT2D eigenvalue weighted by molar-refractivity contribution is -0.123. The topological polar surface area (TPSA) is 72.9 Å². The van der Waals surface area contributed by atoms with Crippen LogP contribution in [0.25, 0.3) is 6.08 Å². The van der Waals surface area contributed by atoms with E-state index in [1.165, 1.54) is 16.7 Å². The van der Waals surface area contributed by atoms with E-state index < -0.39 is 9.84 Å². The van der Waals surface area contributed by atoms with Gasteiger partial charge in [-0.15, -0.1) is 0 Å². The van der Waals surface area contributed by atoms with Crippen molar-refractivity contribution < 1.29 is 22.7 Å². The summed E-state index contributed by atoms with van der Waals surface area (Å²) in [5.41, 5.74) is 0.804. The molecule has 0 aliphatic carbocycles. The Bertz CT molecular complexity index is 877. The fourth-order valence-corrected chi connectivity index (χ4v) is 6.03. The van der Waals surface area contributed by atoms with Gasteiger partial charge in [0.15, 0.2) is 21.3 Å². The van der Waals surface area contributed by atoms with Gasteiger partial charge in [0.25, 0.3) is 5.91 Å². The summed E-state index contributed by atoms with van der Waals surface area (Å²) in [5.74, 6) is 1.17. The van der Waals surface area contributed by atoms with Crippen molar-refractivity contribution >= 4 is 50.1 Å². The summed E-state index contributed by atoms with van der Waals surface area (Å²) in [7, 11) is -3.08. The molecule has 0 bridgehead atoms. The Morgan fingerprint density at radius 3 is 2.83 bits per heavy atom. The van der Waals surface area contributed by atoms with Gasteiger partial charge in [-0.1, -0.05) is 30.0 Å². The SMILES string of the molecule is O=C1/C(=C/c2ccc3c(c2)OCO3)SC(=S)N1[C@@H]1CCS(=O)(=O)C1. The van der Waals surface area contributed by atoms with E-state index in [1.807, 2.05) is 6.07 Å². The number of fused-ring (bicyclic) bond motifs is 1. The molecule has 1 amide bonds. The molecule has 6 nitrogen and oxygen atoms in total. The van der Waals surface area contributed by atoms with Gasteiger partial charge in [-0.25, -0.2) is 8.42 Å². The second-order valence-electron chi connectivity index (χ2n) is 5.72. The molecule has 4 rings (SSSR count). The van der Waals surface area contributed by atoms with Gasteiger partial charge in [0, 0.05) is 0 Å². The number of carbonyl (C=O) groups excluding carboxylic acids is 1. The fourth-order valence-electron chi connectivity index (χ4n) is 2.93. The summed E-state index contributed by atoms with van der Waals surface area (Å²) in [6, 6.07) is 5.07. The van der Waals surface area contributed by atoms with Crippen LogP contribution in [-0.4, -0.2) is 47.9 Å². The van der Waals surface area contributed by atoms with Gasteiger partial charge < -0.3 is 9.47 Å². The number of carbonyl (C=O) groups is 1. The second-order valence-corrected chi connectivity index (χ2v) is 9.63. The zero-order valence-corrected chi connectivity index (χ0v) is 14.9. The maximum absolute atomic E-state index is 12.7. The predicted molar refractivity (Wildman–Crippen MR) is 94.6 cm³/mol. The van der Waals surface area contributed by atoms with Crippen molar-refractivity contribution in [3.05, 3.63) is 28.7 Å². The van der Waals surface area contributed by atoms with Crippen LogP contribution in [0.5, 0.6) is 11.5 Å². The summed E-state index contributed by atoms with van der Waals surface area (Å²) in [4.78, 5) is 14.6. The van der Waals surface area contributed by atoms with Crippen molar-refractivity contribution in [1.82, 2.24) is 4.90 Å². The predicted octanol–water partition coefficient (Wildman–Crippen LogP) is 1.80. The highest BCUT2D eigenvalue weighted by Crippen LogP contribution is 2.38. The van der Waals surface area contributed by atoms with Crippen molar-refractivity contribution in [2.24, 2.45) is 0 Å². The maximum Gasteiger partial charge on any atom is 0.266 e. The lowest BCUT2D eigenvalue weighted by Gasteiger charge is -2.20. The highest BCUT2D eigenvalue weighted by atomic mass is 32.2. The molecule has 0 spiro atoms. The molecule has 1 aromatic rings. The Kier molecular flexibility index (Phi) is 3.81. The van der Waals surface area contributed by atoms with E-state index in [0.717, 1.165) is 5.56 Å². The smallest absolute Gasteiger partial charge is 0.266 e. The Morgan fingerprint density at radius 1 is 1.29 bits per heavy atom. The highest BCUT2D eigenvalue weighted by Gasteiger charge is 2.42. The van der Waals surface area contributed by atoms with Crippen LogP contribution in [0.3, 0.4) is 0 Å². The Hall–Kier alpha value is -1.58. The van der Waals surface area contributed by atoms with Crippen molar-refractivity contribution in [2.45, 2.75) is 12.5 Å². The van der Waals surface area contributed by atoms with Crippen LogP contribution in [0, 0.1) is 0 Å². The normalized spacial score (nSPS) is 26.6. The monoisotopic (exact) mass is 383 g/mol. The average Bonchev–Trinajstić information content (AvgIpc) is 3.18. The number of sulfone groups is 1. The first-order valence-electron chi connectivity index (χ1n) is 7.30. The number of amides is 1. The first kappa shape index (κ1) is 15.9. The maximum atomic E-state index is 12.7. The van der Waals surface area contributed by atoms with Gasteiger partial charge in [0.2, 0.25) is 6.79 Å². The largest absolute Gasteiger partial charge is 0.454 e. The number of hydrogen-bond donors (Lipinski definition) is 0. The van der Waals surface area contributed by atoms with E-state index in [2.05, 4.69) is 0 Å². The number of ether oxygens (including phenoxy) is 2. The van der Waals surface area contributed by atoms with Crippen LogP contribution < -0.4 is 9.47 Å². The minimum absolute atomic E-state index is 0.0171. The van der Waals surface area contributed by atoms with E-state index in [0.29, 0.717) is 27.1 Å². The molecule has 0 radical (unpaired) electrons. The summed E-state index contributed by atoms with van der Waals surface area (Å²) >= 11 is 6.49. The minimum atomic E-state index is -3.08. The lowest BCUT2D eigenvalue weighted by atomic mass is 10.1. The lowest BCUT2D eigenvalue weighted by Crippen LogP contribution is -2.39. The summed E-state index contributed by atoms with van der Waals surface area (Å²) in [6.45, 7) is 0.192. The molecule has 126 valence electrons. The molecule has 2 fully saturated rings. The van der Waals surface area contributed by atoms with Gasteiger partial charge in [0.1, 0.15) is 4.32 Å². The van der Waals surface area contributed by atoms with Crippen LogP contribution >= 0.6 is 24.0 Å². The second kappa shape index (κ2) is 5.75. The van der Waals surface area contributed by atoms with Gasteiger partial charge in [-0.05, 0) is 30.2 Å². The highest BCUT2D eigenvalue weighted by molar-refractivity contribution is 8.26. The average molecular weight is 383 g/mol. The Morgan fingerprint density at radius 2 is 2.08 bits per heavy atom. The van der Waals surface area contributed by atoms with E-state index in [1.54, 1.807) is 18.2 Å². The van der Waals surface area contributed by atoms with Crippen LogP contribution in [0.2, 0.25) is 0 Å². The zero-order valence-electron chi connectivity index (χ0n) is 12.4. The number of hydrogen-bond acceptors (Lipinski definition) is 7. The third kappa shape index (κ3) is 2.80. The first-order valence-corrected chi connectivity index (χ1v) is 10.3. The van der Waals surface area contributed by atoms with E-state index in [9.17, 15) is 13.2 Å². The number of thioether (sulfide) groups is 1. The molecule has 0 unspecified atom stereocenters. The summed E-state index contributed by atoms with van der Waals surface area (Å²) in [5, 5.41) is 0. The minimum Gasteiger partial charge on any atom is -0.454 e. The van der Waals surface area contributed by atoms with E-state index >= 15 is 0 Å². The van der Waals surface area contributed by atoms with Crippen molar-refractivity contribution in [1.29, 1.82) is 0 Å². The first-order chi connectivity index (χ1) is 11.4. The number of thiocarbonyl (C=S) groups is 1. The number of benzene rings is 1. The zero-order chi connectivity index (χ0) is 16.9. The molecule has 1 atom stereocenters. The van der Waals surface area contributed by atoms with Crippen molar-refractivity contribution in [3.8, 4) is 11.5 Å². The van der Waals surface area contributed by atoms with Gasteiger partial charge in [-0.2, -0.15) is 0 Å². The fraction of sp³-hybridized carbons (Fsp3) is 0.333. The van der Waals surface area contributed by atoms with Gasteiger partial charge >= 0.3 is 0 Å². The van der Waals surface area contributed by atoms with E-state index in [-0.39, 0.29) is 30.2 Å². The summed E-state index contributed by atoms with van der Waals surface area (Å²) < 4.78 is 34.3. The third-order valence-corrected chi connectivity index (χ3v) is 7.17. The van der Waals surface area contributed by atoms with Crippen LogP contribution in [0.4, 0.5) is 0 Å². The third-order valence-electron chi connectivity index (χ3n) is 4.09. The molecule has 9 heteroatoms. The van der Waals surface area contributed by atoms with Crippen LogP contribution in [0.15, 0.2) is 23.1 Å². The van der Waals surface area contributed by atoms with Crippen molar-refractivity contribution in [2.75, 3.05) is 18.3 Å². The quantitative estimate of drug-likeness (QED) is 0.570. The van der Waals surface area contributed by atoms with Gasteiger partial charge in [-0.3, -0.25) is 9.69 Å². The molecule has 3 heterocycles. The molecule has 0 saturated carbocycles. The van der Waals surface area contributed by atoms with Gasteiger partial charge in [0.05, 0.1) is 22.5 Å². The Balaban J connectivity index is 1.59. The summed E-state index contributed by atoms with van der Waals surface area (Å²) in [6.07, 6.45) is 2.18. The van der Waals surface area contributed by atoms with Crippen LogP contribution in [-0.2, 0) is 14.6 Å².